The monoisotopic (exact) mass is 330 g/mol. The van der Waals surface area contributed by atoms with Crippen molar-refractivity contribution < 1.29 is 18.7 Å². The van der Waals surface area contributed by atoms with Crippen molar-refractivity contribution in [2.45, 2.75) is 4.90 Å². The van der Waals surface area contributed by atoms with Gasteiger partial charge in [0, 0.05) is 11.0 Å². The number of ether oxygens (including phenoxy) is 1. The molecule has 5 heteroatoms. The zero-order valence-corrected chi connectivity index (χ0v) is 13.3. The lowest BCUT2D eigenvalue weighted by molar-refractivity contribution is -0.136. The minimum atomic E-state index is -0.649. The third-order valence-electron chi connectivity index (χ3n) is 3.05. The number of hydrogen-bond donors (Lipinski definition) is 0. The van der Waals surface area contributed by atoms with E-state index in [-0.39, 0.29) is 5.56 Å². The maximum atomic E-state index is 13.4. The van der Waals surface area contributed by atoms with Crippen molar-refractivity contribution in [2.75, 3.05) is 12.9 Å². The van der Waals surface area contributed by atoms with E-state index in [9.17, 15) is 14.0 Å². The third kappa shape index (κ3) is 5.07. The van der Waals surface area contributed by atoms with Gasteiger partial charge in [-0.05, 0) is 42.2 Å². The van der Waals surface area contributed by atoms with E-state index in [1.807, 2.05) is 30.5 Å². The SMILES string of the molecule is CSc1ccc(/C=C/C(=O)OCC(=O)c2ccccc2F)cc1. The molecule has 0 saturated heterocycles. The van der Waals surface area contributed by atoms with Crippen LogP contribution in [0.3, 0.4) is 0 Å². The summed E-state index contributed by atoms with van der Waals surface area (Å²) in [5.41, 5.74) is 0.761. The van der Waals surface area contributed by atoms with E-state index < -0.39 is 24.2 Å². The molecule has 0 N–H and O–H groups in total. The number of ketones is 1. The maximum Gasteiger partial charge on any atom is 0.331 e. The number of benzene rings is 2. The molecule has 0 radical (unpaired) electrons. The Hall–Kier alpha value is -2.40. The predicted octanol–water partition coefficient (Wildman–Crippen LogP) is 3.99. The quantitative estimate of drug-likeness (QED) is 0.348. The number of halogens is 1. The molecule has 23 heavy (non-hydrogen) atoms. The van der Waals surface area contributed by atoms with Crippen molar-refractivity contribution >= 4 is 29.6 Å². The smallest absolute Gasteiger partial charge is 0.331 e. The Labute approximate surface area is 138 Å². The highest BCUT2D eigenvalue weighted by Crippen LogP contribution is 2.15. The number of hydrogen-bond acceptors (Lipinski definition) is 4. The lowest BCUT2D eigenvalue weighted by atomic mass is 10.1. The summed E-state index contributed by atoms with van der Waals surface area (Å²) in [5.74, 6) is -1.85. The van der Waals surface area contributed by atoms with Crippen LogP contribution in [0.5, 0.6) is 0 Å². The minimum Gasteiger partial charge on any atom is -0.454 e. The van der Waals surface area contributed by atoms with Crippen LogP contribution in [-0.2, 0) is 9.53 Å². The molecule has 0 aliphatic heterocycles. The van der Waals surface area contributed by atoms with Crippen molar-refractivity contribution in [1.29, 1.82) is 0 Å². The van der Waals surface area contributed by atoms with E-state index in [4.69, 9.17) is 4.74 Å². The molecule has 0 aliphatic carbocycles. The Bertz CT molecular complexity index is 723. The summed E-state index contributed by atoms with van der Waals surface area (Å²) in [6, 6.07) is 13.2. The van der Waals surface area contributed by atoms with E-state index in [1.54, 1.807) is 23.9 Å². The van der Waals surface area contributed by atoms with E-state index in [2.05, 4.69) is 0 Å². The first kappa shape index (κ1) is 17.0. The number of carbonyl (C=O) groups is 2. The lowest BCUT2D eigenvalue weighted by Crippen LogP contribution is -2.13. The Kier molecular flexibility index (Phi) is 6.11. The first-order valence-corrected chi connectivity index (χ1v) is 8.09. The maximum absolute atomic E-state index is 13.4. The molecule has 0 unspecified atom stereocenters. The van der Waals surface area contributed by atoms with Crippen molar-refractivity contribution in [3.63, 3.8) is 0 Å². The average molecular weight is 330 g/mol. The Morgan fingerprint density at radius 1 is 1.13 bits per heavy atom. The van der Waals surface area contributed by atoms with Gasteiger partial charge in [-0.2, -0.15) is 0 Å². The van der Waals surface area contributed by atoms with E-state index >= 15 is 0 Å². The van der Waals surface area contributed by atoms with Crippen molar-refractivity contribution in [3.8, 4) is 0 Å². The number of rotatable bonds is 6. The fourth-order valence-corrected chi connectivity index (χ4v) is 2.24. The molecule has 0 bridgehead atoms. The molecular formula is C18H15FO3S. The fourth-order valence-electron chi connectivity index (χ4n) is 1.83. The van der Waals surface area contributed by atoms with Gasteiger partial charge in [-0.15, -0.1) is 11.8 Å². The lowest BCUT2D eigenvalue weighted by Gasteiger charge is -2.03. The molecule has 0 amide bonds. The van der Waals surface area contributed by atoms with Gasteiger partial charge in [0.15, 0.2) is 6.61 Å². The molecule has 3 nitrogen and oxygen atoms in total. The molecular weight excluding hydrogens is 315 g/mol. The van der Waals surface area contributed by atoms with Crippen LogP contribution in [0.15, 0.2) is 59.5 Å². The van der Waals surface area contributed by atoms with E-state index in [0.29, 0.717) is 0 Å². The van der Waals surface area contributed by atoms with Gasteiger partial charge in [-0.3, -0.25) is 4.79 Å². The summed E-state index contributed by atoms with van der Waals surface area (Å²) in [6.07, 6.45) is 4.82. The second kappa shape index (κ2) is 8.29. The molecule has 0 aliphatic rings. The summed E-state index contributed by atoms with van der Waals surface area (Å²) in [6.45, 7) is -0.491. The normalized spacial score (nSPS) is 10.7. The molecule has 2 aromatic carbocycles. The summed E-state index contributed by atoms with van der Waals surface area (Å²) < 4.78 is 18.3. The van der Waals surface area contributed by atoms with Gasteiger partial charge in [0.2, 0.25) is 5.78 Å². The number of thioether (sulfide) groups is 1. The van der Waals surface area contributed by atoms with Crippen LogP contribution in [-0.4, -0.2) is 24.6 Å². The topological polar surface area (TPSA) is 43.4 Å². The number of esters is 1. The largest absolute Gasteiger partial charge is 0.454 e. The first-order valence-electron chi connectivity index (χ1n) is 6.87. The molecule has 0 aromatic heterocycles. The molecule has 0 saturated carbocycles. The van der Waals surface area contributed by atoms with Crippen LogP contribution in [0.1, 0.15) is 15.9 Å². The number of Topliss-reactive ketones (excluding diaryl/α,β-unsaturated/α-hetero) is 1. The summed E-state index contributed by atoms with van der Waals surface area (Å²) >= 11 is 1.63. The average Bonchev–Trinajstić information content (AvgIpc) is 2.58. The summed E-state index contributed by atoms with van der Waals surface area (Å²) in [7, 11) is 0. The Balaban J connectivity index is 1.88. The molecule has 2 aromatic rings. The zero-order chi connectivity index (χ0) is 16.7. The molecule has 0 heterocycles. The van der Waals surface area contributed by atoms with Gasteiger partial charge in [0.25, 0.3) is 0 Å². The predicted molar refractivity (Wildman–Crippen MR) is 88.9 cm³/mol. The van der Waals surface area contributed by atoms with Crippen molar-refractivity contribution in [3.05, 3.63) is 71.6 Å². The summed E-state index contributed by atoms with van der Waals surface area (Å²) in [5, 5.41) is 0. The van der Waals surface area contributed by atoms with Crippen molar-refractivity contribution in [1.82, 2.24) is 0 Å². The summed E-state index contributed by atoms with van der Waals surface area (Å²) in [4.78, 5) is 24.5. The van der Waals surface area contributed by atoms with Gasteiger partial charge in [-0.25, -0.2) is 9.18 Å². The Morgan fingerprint density at radius 2 is 1.83 bits per heavy atom. The highest BCUT2D eigenvalue weighted by molar-refractivity contribution is 7.98. The minimum absolute atomic E-state index is 0.0862. The highest BCUT2D eigenvalue weighted by Gasteiger charge is 2.12. The van der Waals surface area contributed by atoms with Gasteiger partial charge in [0.1, 0.15) is 5.82 Å². The van der Waals surface area contributed by atoms with Crippen LogP contribution in [0, 0.1) is 5.82 Å². The van der Waals surface area contributed by atoms with Crippen LogP contribution < -0.4 is 0 Å². The van der Waals surface area contributed by atoms with Crippen LogP contribution in [0.4, 0.5) is 4.39 Å². The van der Waals surface area contributed by atoms with Crippen LogP contribution in [0.2, 0.25) is 0 Å². The second-order valence-electron chi connectivity index (χ2n) is 4.62. The van der Waals surface area contributed by atoms with Crippen molar-refractivity contribution in [2.24, 2.45) is 0 Å². The van der Waals surface area contributed by atoms with E-state index in [1.165, 1.54) is 24.3 Å². The highest BCUT2D eigenvalue weighted by atomic mass is 32.2. The number of carbonyl (C=O) groups excluding carboxylic acids is 2. The first-order chi connectivity index (χ1) is 11.1. The molecule has 2 rings (SSSR count). The molecule has 118 valence electrons. The fraction of sp³-hybridized carbons (Fsp3) is 0.111. The standard InChI is InChI=1S/C18H15FO3S/c1-23-14-9-6-13(7-10-14)8-11-18(21)22-12-17(20)15-4-2-3-5-16(15)19/h2-11H,12H2,1H3/b11-8+. The van der Waals surface area contributed by atoms with Crippen LogP contribution in [0.25, 0.3) is 6.08 Å². The Morgan fingerprint density at radius 3 is 2.48 bits per heavy atom. The molecule has 0 atom stereocenters. The molecule has 0 spiro atoms. The van der Waals surface area contributed by atoms with Gasteiger partial charge < -0.3 is 4.74 Å². The van der Waals surface area contributed by atoms with E-state index in [0.717, 1.165) is 10.5 Å². The van der Waals surface area contributed by atoms with Gasteiger partial charge in [-0.1, -0.05) is 24.3 Å². The van der Waals surface area contributed by atoms with Gasteiger partial charge >= 0.3 is 5.97 Å². The third-order valence-corrected chi connectivity index (χ3v) is 3.79. The zero-order valence-electron chi connectivity index (χ0n) is 12.5. The van der Waals surface area contributed by atoms with Crippen LogP contribution >= 0.6 is 11.8 Å². The molecule has 0 fully saturated rings. The second-order valence-corrected chi connectivity index (χ2v) is 5.50. The van der Waals surface area contributed by atoms with Gasteiger partial charge in [0.05, 0.1) is 5.56 Å².